The quantitative estimate of drug-likeness (QED) is 0.361. The summed E-state index contributed by atoms with van der Waals surface area (Å²) in [5.74, 6) is -0.830. The van der Waals surface area contributed by atoms with Crippen LogP contribution >= 0.6 is 11.3 Å². The molecule has 0 bridgehead atoms. The highest BCUT2D eigenvalue weighted by atomic mass is 32.1. The van der Waals surface area contributed by atoms with Crippen LogP contribution in [0.5, 0.6) is 0 Å². The molecule has 12 heteroatoms. The summed E-state index contributed by atoms with van der Waals surface area (Å²) in [6, 6.07) is 8.98. The highest BCUT2D eigenvalue weighted by molar-refractivity contribution is 7.19. The van der Waals surface area contributed by atoms with Crippen molar-refractivity contribution >= 4 is 33.9 Å². The Morgan fingerprint density at radius 2 is 2.11 bits per heavy atom. The SMILES string of the molecule is CCOC(=O)c1nc(-c2cccc(-c3cc([C@]4(O)CCN(C)C4=O)on3)c2)sc1Nc1cnn(C)c1. The Labute approximate surface area is 210 Å². The maximum absolute atomic E-state index is 12.6. The number of esters is 1. The number of aromatic nitrogens is 4. The number of nitrogens with zero attached hydrogens (tertiary/aromatic N) is 5. The second-order valence-electron chi connectivity index (χ2n) is 8.44. The van der Waals surface area contributed by atoms with Gasteiger partial charge in [0, 0.05) is 50.5 Å². The molecule has 2 N–H and O–H groups in total. The van der Waals surface area contributed by atoms with Gasteiger partial charge in [0.25, 0.3) is 5.91 Å². The van der Waals surface area contributed by atoms with Gasteiger partial charge in [-0.05, 0) is 13.0 Å². The first-order valence-electron chi connectivity index (χ1n) is 11.3. The van der Waals surface area contributed by atoms with Crippen LogP contribution in [0, 0.1) is 0 Å². The van der Waals surface area contributed by atoms with Crippen LogP contribution in [0.1, 0.15) is 29.6 Å². The van der Waals surface area contributed by atoms with Crippen molar-refractivity contribution in [3.05, 3.63) is 54.2 Å². The Kier molecular flexibility index (Phi) is 6.06. The Morgan fingerprint density at radius 1 is 1.31 bits per heavy atom. The van der Waals surface area contributed by atoms with Crippen LogP contribution in [0.3, 0.4) is 0 Å². The fraction of sp³-hybridized carbons (Fsp3) is 0.292. The molecule has 1 fully saturated rings. The average Bonchev–Trinajstić information content (AvgIpc) is 3.66. The van der Waals surface area contributed by atoms with Crippen molar-refractivity contribution in [2.45, 2.75) is 18.9 Å². The minimum absolute atomic E-state index is 0.110. The van der Waals surface area contributed by atoms with E-state index in [-0.39, 0.29) is 24.5 Å². The van der Waals surface area contributed by atoms with E-state index in [2.05, 4.69) is 20.6 Å². The summed E-state index contributed by atoms with van der Waals surface area (Å²) in [4.78, 5) is 31.0. The number of aliphatic hydroxyl groups is 1. The highest BCUT2D eigenvalue weighted by Gasteiger charge is 2.48. The minimum Gasteiger partial charge on any atom is -0.461 e. The largest absolute Gasteiger partial charge is 0.461 e. The van der Waals surface area contributed by atoms with Crippen LogP contribution in [0.25, 0.3) is 21.8 Å². The van der Waals surface area contributed by atoms with Crippen molar-refractivity contribution in [2.75, 3.05) is 25.5 Å². The van der Waals surface area contributed by atoms with Gasteiger partial charge in [0.15, 0.2) is 11.5 Å². The van der Waals surface area contributed by atoms with Crippen molar-refractivity contribution in [3.63, 3.8) is 0 Å². The van der Waals surface area contributed by atoms with E-state index in [4.69, 9.17) is 9.26 Å². The number of amides is 1. The van der Waals surface area contributed by atoms with E-state index in [9.17, 15) is 14.7 Å². The molecule has 1 saturated heterocycles. The molecule has 36 heavy (non-hydrogen) atoms. The predicted molar refractivity (Wildman–Crippen MR) is 132 cm³/mol. The van der Waals surface area contributed by atoms with Gasteiger partial charge in [0.2, 0.25) is 5.60 Å². The number of thiazole rings is 1. The number of rotatable bonds is 7. The lowest BCUT2D eigenvalue weighted by Crippen LogP contribution is -2.35. The van der Waals surface area contributed by atoms with Crippen LogP contribution in [-0.4, -0.2) is 62.0 Å². The number of likely N-dealkylation sites (N-methyl/N-ethyl adjacent to an activating group) is 1. The molecular weight excluding hydrogens is 484 g/mol. The number of carbonyl (C=O) groups is 2. The Bertz CT molecular complexity index is 1440. The summed E-state index contributed by atoms with van der Waals surface area (Å²) in [7, 11) is 3.44. The molecule has 0 aliphatic carbocycles. The molecule has 4 aromatic rings. The lowest BCUT2D eigenvalue weighted by molar-refractivity contribution is -0.144. The number of benzene rings is 1. The van der Waals surface area contributed by atoms with Gasteiger partial charge in [-0.15, -0.1) is 0 Å². The number of hydrogen-bond donors (Lipinski definition) is 2. The van der Waals surface area contributed by atoms with Gasteiger partial charge in [0.1, 0.15) is 15.7 Å². The van der Waals surface area contributed by atoms with Gasteiger partial charge in [-0.2, -0.15) is 5.10 Å². The zero-order chi connectivity index (χ0) is 25.4. The molecule has 1 atom stereocenters. The maximum atomic E-state index is 12.6. The zero-order valence-corrected chi connectivity index (χ0v) is 20.7. The van der Waals surface area contributed by atoms with E-state index in [0.717, 1.165) is 5.56 Å². The fourth-order valence-electron chi connectivity index (χ4n) is 3.98. The third-order valence-electron chi connectivity index (χ3n) is 5.89. The van der Waals surface area contributed by atoms with E-state index in [1.54, 1.807) is 44.2 Å². The third-order valence-corrected chi connectivity index (χ3v) is 6.91. The first-order chi connectivity index (χ1) is 17.3. The average molecular weight is 509 g/mol. The molecule has 3 aromatic heterocycles. The Balaban J connectivity index is 1.47. The highest BCUT2D eigenvalue weighted by Crippen LogP contribution is 2.38. The van der Waals surface area contributed by atoms with E-state index in [0.29, 0.717) is 33.5 Å². The smallest absolute Gasteiger partial charge is 0.360 e. The summed E-state index contributed by atoms with van der Waals surface area (Å²) in [6.07, 6.45) is 3.68. The third kappa shape index (κ3) is 4.25. The standard InChI is InChI=1S/C24H24N6O5S/c1-4-34-22(31)19-21(26-16-12-25-30(3)13-16)36-20(27-19)15-7-5-6-14(10-15)17-11-18(35-28-17)24(33)8-9-29(2)23(24)32/h5-7,10-13,26,33H,4,8-9H2,1-3H3/t24-/m1/s1. The first kappa shape index (κ1) is 23.7. The molecule has 0 spiro atoms. The van der Waals surface area contributed by atoms with E-state index in [1.165, 1.54) is 16.2 Å². The van der Waals surface area contributed by atoms with Gasteiger partial charge < -0.3 is 24.6 Å². The molecule has 1 aromatic carbocycles. The molecule has 11 nitrogen and oxygen atoms in total. The summed E-state index contributed by atoms with van der Waals surface area (Å²) < 4.78 is 12.2. The zero-order valence-electron chi connectivity index (χ0n) is 19.9. The molecule has 0 saturated carbocycles. The molecule has 0 unspecified atom stereocenters. The fourth-order valence-corrected chi connectivity index (χ4v) is 4.95. The molecule has 0 radical (unpaired) electrons. The van der Waals surface area contributed by atoms with Crippen LogP contribution in [-0.2, 0) is 22.2 Å². The van der Waals surface area contributed by atoms with Crippen LogP contribution in [0.4, 0.5) is 10.7 Å². The first-order valence-corrected chi connectivity index (χ1v) is 12.1. The van der Waals surface area contributed by atoms with Crippen molar-refractivity contribution in [1.29, 1.82) is 0 Å². The molecule has 1 aliphatic rings. The molecule has 1 amide bonds. The number of aryl methyl sites for hydroxylation is 1. The van der Waals surface area contributed by atoms with Crippen molar-refractivity contribution < 1.29 is 24.0 Å². The van der Waals surface area contributed by atoms with Crippen LogP contribution in [0.2, 0.25) is 0 Å². The molecule has 4 heterocycles. The lowest BCUT2D eigenvalue weighted by atomic mass is 9.98. The summed E-state index contributed by atoms with van der Waals surface area (Å²) >= 11 is 1.31. The monoisotopic (exact) mass is 508 g/mol. The molecule has 5 rings (SSSR count). The van der Waals surface area contributed by atoms with Gasteiger partial charge in [-0.3, -0.25) is 9.48 Å². The Hall–Kier alpha value is -4.03. The number of ether oxygens (including phenoxy) is 1. The van der Waals surface area contributed by atoms with E-state index >= 15 is 0 Å². The molecule has 1 aliphatic heterocycles. The van der Waals surface area contributed by atoms with Gasteiger partial charge in [0.05, 0.1) is 18.5 Å². The van der Waals surface area contributed by atoms with Crippen LogP contribution < -0.4 is 5.32 Å². The topological polar surface area (TPSA) is 136 Å². The van der Waals surface area contributed by atoms with E-state index < -0.39 is 17.5 Å². The second-order valence-corrected chi connectivity index (χ2v) is 9.44. The summed E-state index contributed by atoms with van der Waals surface area (Å²) in [5.41, 5.74) is 1.11. The number of nitrogens with one attached hydrogen (secondary N) is 1. The Morgan fingerprint density at radius 3 is 2.81 bits per heavy atom. The van der Waals surface area contributed by atoms with Crippen molar-refractivity contribution in [2.24, 2.45) is 7.05 Å². The normalized spacial score (nSPS) is 17.6. The van der Waals surface area contributed by atoms with E-state index in [1.807, 2.05) is 24.3 Å². The number of likely N-dealkylation sites (tertiary alicyclic amines) is 1. The van der Waals surface area contributed by atoms with Gasteiger partial charge in [-0.1, -0.05) is 34.7 Å². The molecular formula is C24H24N6O5S. The number of anilines is 2. The predicted octanol–water partition coefficient (Wildman–Crippen LogP) is 3.17. The van der Waals surface area contributed by atoms with Gasteiger partial charge >= 0.3 is 5.97 Å². The molecule has 186 valence electrons. The van der Waals surface area contributed by atoms with Crippen molar-refractivity contribution in [1.82, 2.24) is 24.8 Å². The van der Waals surface area contributed by atoms with Gasteiger partial charge in [-0.25, -0.2) is 9.78 Å². The summed E-state index contributed by atoms with van der Waals surface area (Å²) in [5, 5.41) is 23.4. The lowest BCUT2D eigenvalue weighted by Gasteiger charge is -2.16. The second kappa shape index (κ2) is 9.21. The number of hydrogen-bond acceptors (Lipinski definition) is 10. The summed E-state index contributed by atoms with van der Waals surface area (Å²) in [6.45, 7) is 2.40. The van der Waals surface area contributed by atoms with Crippen LogP contribution in [0.15, 0.2) is 47.2 Å². The minimum atomic E-state index is -1.71. The maximum Gasteiger partial charge on any atom is 0.360 e. The number of carbonyl (C=O) groups excluding carboxylic acids is 2. The van der Waals surface area contributed by atoms with Crippen molar-refractivity contribution in [3.8, 4) is 21.8 Å².